The molecule has 2 aromatic carbocycles. The molecule has 0 bridgehead atoms. The van der Waals surface area contributed by atoms with Crippen LogP contribution in [0.4, 0.5) is 0 Å². The molecule has 2 aromatic heterocycles. The lowest BCUT2D eigenvalue weighted by molar-refractivity contribution is -0.121. The summed E-state index contributed by atoms with van der Waals surface area (Å²) in [4.78, 5) is 12.8. The SMILES string of the molecule is Cc1cc(/C=N/NC(=O)CN(Cc2ccco2)S(=O)(=O)c2ccccc2)c(C)n1-c1ccc(Cl)cc1Cl. The average molecular weight is 559 g/mol. The molecule has 2 heterocycles. The van der Waals surface area contributed by atoms with E-state index in [0.717, 1.165) is 26.9 Å². The number of hydrogen-bond acceptors (Lipinski definition) is 5. The van der Waals surface area contributed by atoms with Crippen LogP contribution in [0, 0.1) is 13.8 Å². The van der Waals surface area contributed by atoms with Crippen molar-refractivity contribution in [2.24, 2.45) is 5.10 Å². The van der Waals surface area contributed by atoms with Crippen molar-refractivity contribution in [2.45, 2.75) is 25.3 Å². The van der Waals surface area contributed by atoms with Gasteiger partial charge in [-0.3, -0.25) is 4.79 Å². The molecule has 37 heavy (non-hydrogen) atoms. The highest BCUT2D eigenvalue weighted by molar-refractivity contribution is 7.89. The van der Waals surface area contributed by atoms with Crippen LogP contribution in [0.1, 0.15) is 22.7 Å². The molecule has 0 aliphatic carbocycles. The molecule has 192 valence electrons. The first-order valence-corrected chi connectivity index (χ1v) is 13.4. The Kier molecular flexibility index (Phi) is 8.19. The second kappa shape index (κ2) is 11.4. The molecule has 0 aliphatic rings. The summed E-state index contributed by atoms with van der Waals surface area (Å²) in [7, 11) is -3.96. The van der Waals surface area contributed by atoms with Crippen molar-refractivity contribution >= 4 is 45.3 Å². The number of hydrogen-bond donors (Lipinski definition) is 1. The van der Waals surface area contributed by atoms with Crippen LogP contribution in [0.5, 0.6) is 0 Å². The third-order valence-electron chi connectivity index (χ3n) is 5.63. The first-order valence-electron chi connectivity index (χ1n) is 11.2. The lowest BCUT2D eigenvalue weighted by Gasteiger charge is -2.20. The summed E-state index contributed by atoms with van der Waals surface area (Å²) in [6, 6.07) is 18.4. The molecule has 4 rings (SSSR count). The van der Waals surface area contributed by atoms with E-state index in [2.05, 4.69) is 10.5 Å². The van der Waals surface area contributed by atoms with Gasteiger partial charge < -0.3 is 8.98 Å². The normalized spacial score (nSPS) is 11.9. The minimum absolute atomic E-state index is 0.0751. The van der Waals surface area contributed by atoms with E-state index < -0.39 is 22.5 Å². The minimum atomic E-state index is -3.96. The zero-order chi connectivity index (χ0) is 26.6. The van der Waals surface area contributed by atoms with Gasteiger partial charge in [0.15, 0.2) is 0 Å². The number of carbonyl (C=O) groups is 1. The van der Waals surface area contributed by atoms with Crippen LogP contribution in [-0.2, 0) is 21.4 Å². The molecular formula is C26H24Cl2N4O4S. The topological polar surface area (TPSA) is 96.9 Å². The Bertz CT molecular complexity index is 1530. The van der Waals surface area contributed by atoms with Crippen molar-refractivity contribution in [2.75, 3.05) is 6.54 Å². The number of benzene rings is 2. The Morgan fingerprint density at radius 3 is 2.51 bits per heavy atom. The Hall–Kier alpha value is -3.37. The molecule has 0 aliphatic heterocycles. The minimum Gasteiger partial charge on any atom is -0.468 e. The summed E-state index contributed by atoms with van der Waals surface area (Å²) in [5.74, 6) is -0.194. The van der Waals surface area contributed by atoms with E-state index in [-0.39, 0.29) is 11.4 Å². The second-order valence-corrected chi connectivity index (χ2v) is 11.0. The lowest BCUT2D eigenvalue weighted by atomic mass is 10.2. The summed E-state index contributed by atoms with van der Waals surface area (Å²) in [6.45, 7) is 3.27. The van der Waals surface area contributed by atoms with Crippen LogP contribution in [0.15, 0.2) is 87.4 Å². The summed E-state index contributed by atoms with van der Waals surface area (Å²) in [5, 5.41) is 5.10. The van der Waals surface area contributed by atoms with Crippen molar-refractivity contribution in [3.8, 4) is 5.69 Å². The second-order valence-electron chi connectivity index (χ2n) is 8.22. The molecule has 4 aromatic rings. The maximum atomic E-state index is 13.2. The Balaban J connectivity index is 1.50. The van der Waals surface area contributed by atoms with Gasteiger partial charge >= 0.3 is 0 Å². The van der Waals surface area contributed by atoms with E-state index in [1.54, 1.807) is 42.5 Å². The first-order chi connectivity index (χ1) is 17.7. The van der Waals surface area contributed by atoms with Crippen LogP contribution >= 0.6 is 23.2 Å². The number of nitrogens with zero attached hydrogens (tertiary/aromatic N) is 3. The van der Waals surface area contributed by atoms with Crippen LogP contribution in [0.25, 0.3) is 5.69 Å². The van der Waals surface area contributed by atoms with Gasteiger partial charge in [0.25, 0.3) is 5.91 Å². The summed E-state index contributed by atoms with van der Waals surface area (Å²) < 4.78 is 34.7. The molecule has 0 unspecified atom stereocenters. The Morgan fingerprint density at radius 2 is 1.84 bits per heavy atom. The number of hydrazone groups is 1. The summed E-state index contributed by atoms with van der Waals surface area (Å²) in [5.41, 5.74) is 5.71. The molecular weight excluding hydrogens is 535 g/mol. The maximum absolute atomic E-state index is 13.2. The quantitative estimate of drug-likeness (QED) is 0.221. The van der Waals surface area contributed by atoms with Gasteiger partial charge in [-0.15, -0.1) is 0 Å². The maximum Gasteiger partial charge on any atom is 0.255 e. The largest absolute Gasteiger partial charge is 0.468 e. The number of aryl methyl sites for hydroxylation is 1. The van der Waals surface area contributed by atoms with Crippen LogP contribution < -0.4 is 5.43 Å². The zero-order valence-corrected chi connectivity index (χ0v) is 22.4. The number of amides is 1. The Labute approximate surface area is 225 Å². The van der Waals surface area contributed by atoms with Gasteiger partial charge in [0.2, 0.25) is 10.0 Å². The molecule has 0 saturated heterocycles. The first kappa shape index (κ1) is 26.7. The fourth-order valence-electron chi connectivity index (χ4n) is 3.86. The van der Waals surface area contributed by atoms with Crippen molar-refractivity contribution < 1.29 is 17.6 Å². The third kappa shape index (κ3) is 6.14. The Morgan fingerprint density at radius 1 is 1.08 bits per heavy atom. The van der Waals surface area contributed by atoms with Crippen molar-refractivity contribution in [3.05, 3.63) is 106 Å². The number of sulfonamides is 1. The smallest absolute Gasteiger partial charge is 0.255 e. The summed E-state index contributed by atoms with van der Waals surface area (Å²) in [6.07, 6.45) is 2.95. The monoisotopic (exact) mass is 558 g/mol. The number of aromatic nitrogens is 1. The highest BCUT2D eigenvalue weighted by atomic mass is 35.5. The van der Waals surface area contributed by atoms with Crippen molar-refractivity contribution in [3.63, 3.8) is 0 Å². The van der Waals surface area contributed by atoms with E-state index in [1.165, 1.54) is 24.6 Å². The van der Waals surface area contributed by atoms with Crippen molar-refractivity contribution in [1.82, 2.24) is 14.3 Å². The highest BCUT2D eigenvalue weighted by Crippen LogP contribution is 2.28. The number of furan rings is 1. The number of halogens is 2. The molecule has 0 atom stereocenters. The molecule has 1 amide bonds. The van der Waals surface area contributed by atoms with Crippen LogP contribution in [0.2, 0.25) is 10.0 Å². The van der Waals surface area contributed by atoms with E-state index in [9.17, 15) is 13.2 Å². The standard InChI is InChI=1S/C26H24Cl2N4O4S/c1-18-13-20(19(2)32(18)25-11-10-21(27)14-24(25)28)15-29-30-26(33)17-31(16-22-7-6-12-36-22)37(34,35)23-8-4-3-5-9-23/h3-15H,16-17H2,1-2H3,(H,30,33)/b29-15+. The molecule has 0 spiro atoms. The lowest BCUT2D eigenvalue weighted by Crippen LogP contribution is -2.39. The highest BCUT2D eigenvalue weighted by Gasteiger charge is 2.27. The van der Waals surface area contributed by atoms with Crippen LogP contribution in [0.3, 0.4) is 0 Å². The van der Waals surface area contributed by atoms with Gasteiger partial charge in [-0.2, -0.15) is 9.41 Å². The zero-order valence-electron chi connectivity index (χ0n) is 20.1. The number of rotatable bonds is 9. The van der Waals surface area contributed by atoms with E-state index >= 15 is 0 Å². The molecule has 0 radical (unpaired) electrons. The van der Waals surface area contributed by atoms with E-state index in [1.807, 2.05) is 30.5 Å². The van der Waals surface area contributed by atoms with Crippen molar-refractivity contribution in [1.29, 1.82) is 0 Å². The van der Waals surface area contributed by atoms with Gasteiger partial charge in [0.05, 0.1) is 41.2 Å². The molecule has 0 fully saturated rings. The van der Waals surface area contributed by atoms with Crippen LogP contribution in [-0.4, -0.2) is 36.0 Å². The third-order valence-corrected chi connectivity index (χ3v) is 7.97. The number of carbonyl (C=O) groups excluding carboxylic acids is 1. The summed E-state index contributed by atoms with van der Waals surface area (Å²) >= 11 is 12.4. The number of nitrogens with one attached hydrogen (secondary N) is 1. The van der Waals surface area contributed by atoms with Gasteiger partial charge in [-0.1, -0.05) is 41.4 Å². The fraction of sp³-hybridized carbons (Fsp3) is 0.154. The average Bonchev–Trinajstić information content (AvgIpc) is 3.47. The molecule has 1 N–H and O–H groups in total. The van der Waals surface area contributed by atoms with E-state index in [0.29, 0.717) is 15.8 Å². The molecule has 0 saturated carbocycles. The van der Waals surface area contributed by atoms with Gasteiger partial charge in [-0.25, -0.2) is 13.8 Å². The fourth-order valence-corrected chi connectivity index (χ4v) is 5.74. The predicted octanol–water partition coefficient (Wildman–Crippen LogP) is 5.34. The molecule has 11 heteroatoms. The van der Waals surface area contributed by atoms with Gasteiger partial charge in [-0.05, 0) is 62.4 Å². The predicted molar refractivity (Wildman–Crippen MR) is 144 cm³/mol. The van der Waals surface area contributed by atoms with Gasteiger partial charge in [0.1, 0.15) is 5.76 Å². The molecule has 8 nitrogen and oxygen atoms in total. The van der Waals surface area contributed by atoms with E-state index in [4.69, 9.17) is 27.6 Å². The van der Waals surface area contributed by atoms with Gasteiger partial charge in [0, 0.05) is 22.0 Å².